The van der Waals surface area contributed by atoms with Crippen molar-refractivity contribution < 1.29 is 9.90 Å². The summed E-state index contributed by atoms with van der Waals surface area (Å²) in [6.45, 7) is 4.59. The van der Waals surface area contributed by atoms with Crippen LogP contribution in [0.4, 0.5) is 0 Å². The standard InChI is InChI=1S/C23H28N6O2/c1-2-16-10-18(28-27-16)22(31)26-11-17-21(15-6-4-3-5-7-15)23(17)14-29(12-19(23)30)13-20-24-8-9-25-20/h3-10,17,19,21,30H,2,11-14H2,1H3,(H,24,25)(H,26,31)(H,27,28)/t17-,19-,21-,23-/m1/s1. The van der Waals surface area contributed by atoms with Gasteiger partial charge in [0.1, 0.15) is 11.5 Å². The molecular formula is C23H28N6O2. The van der Waals surface area contributed by atoms with E-state index in [0.717, 1.165) is 24.5 Å². The molecule has 1 spiro atoms. The number of nitrogens with zero attached hydrogens (tertiary/aromatic N) is 3. The molecule has 2 aliphatic rings. The van der Waals surface area contributed by atoms with Crippen LogP contribution in [0.25, 0.3) is 0 Å². The number of aromatic nitrogens is 4. The summed E-state index contributed by atoms with van der Waals surface area (Å²) in [6.07, 6.45) is 3.92. The SMILES string of the molecule is CCc1cc(C(=O)NC[C@@H]2[C@@H](c3ccccc3)[C@]23CN(Cc2ncc[nH]2)C[C@H]3O)n[nH]1. The number of amides is 1. The van der Waals surface area contributed by atoms with E-state index in [9.17, 15) is 9.90 Å². The Labute approximate surface area is 181 Å². The fourth-order valence-corrected chi connectivity index (χ4v) is 5.36. The molecule has 8 heteroatoms. The number of carbonyl (C=O) groups is 1. The molecule has 3 heterocycles. The van der Waals surface area contributed by atoms with Crippen molar-refractivity contribution in [2.24, 2.45) is 11.3 Å². The molecule has 31 heavy (non-hydrogen) atoms. The smallest absolute Gasteiger partial charge is 0.271 e. The van der Waals surface area contributed by atoms with Crippen LogP contribution in [0.2, 0.25) is 0 Å². The summed E-state index contributed by atoms with van der Waals surface area (Å²) >= 11 is 0. The molecule has 8 nitrogen and oxygen atoms in total. The average Bonchev–Trinajstić information content (AvgIpc) is 3.25. The van der Waals surface area contributed by atoms with Gasteiger partial charge >= 0.3 is 0 Å². The quantitative estimate of drug-likeness (QED) is 0.465. The molecule has 2 fully saturated rings. The van der Waals surface area contributed by atoms with Gasteiger partial charge in [-0.15, -0.1) is 0 Å². The minimum absolute atomic E-state index is 0.167. The Bertz CT molecular complexity index is 1030. The van der Waals surface area contributed by atoms with Gasteiger partial charge in [-0.3, -0.25) is 14.8 Å². The van der Waals surface area contributed by atoms with Crippen molar-refractivity contribution in [1.29, 1.82) is 0 Å². The number of rotatable bonds is 7. The van der Waals surface area contributed by atoms with Gasteiger partial charge in [0.15, 0.2) is 0 Å². The Morgan fingerprint density at radius 3 is 2.90 bits per heavy atom. The van der Waals surface area contributed by atoms with E-state index in [0.29, 0.717) is 25.3 Å². The van der Waals surface area contributed by atoms with E-state index >= 15 is 0 Å². The molecule has 0 bridgehead atoms. The van der Waals surface area contributed by atoms with Gasteiger partial charge in [-0.25, -0.2) is 4.98 Å². The van der Waals surface area contributed by atoms with Crippen molar-refractivity contribution in [1.82, 2.24) is 30.4 Å². The van der Waals surface area contributed by atoms with Gasteiger partial charge in [-0.05, 0) is 29.9 Å². The third-order valence-electron chi connectivity index (χ3n) is 6.93. The van der Waals surface area contributed by atoms with Crippen LogP contribution in [-0.4, -0.2) is 61.8 Å². The summed E-state index contributed by atoms with van der Waals surface area (Å²) in [4.78, 5) is 22.4. The molecule has 4 N–H and O–H groups in total. The fourth-order valence-electron chi connectivity index (χ4n) is 5.36. The Morgan fingerprint density at radius 2 is 2.19 bits per heavy atom. The van der Waals surface area contributed by atoms with Crippen molar-refractivity contribution >= 4 is 5.91 Å². The molecule has 3 aromatic rings. The number of nitrogens with one attached hydrogen (secondary N) is 3. The van der Waals surface area contributed by atoms with Crippen molar-refractivity contribution in [3.05, 3.63) is 71.6 Å². The molecule has 1 aliphatic heterocycles. The van der Waals surface area contributed by atoms with Crippen LogP contribution >= 0.6 is 0 Å². The molecular weight excluding hydrogens is 392 g/mol. The molecule has 1 amide bonds. The summed E-state index contributed by atoms with van der Waals surface area (Å²) in [6, 6.07) is 12.1. The van der Waals surface area contributed by atoms with Crippen LogP contribution in [0.1, 0.15) is 40.4 Å². The molecule has 0 radical (unpaired) electrons. The minimum Gasteiger partial charge on any atom is -0.391 e. The van der Waals surface area contributed by atoms with Gasteiger partial charge in [-0.1, -0.05) is 37.3 Å². The first-order valence-electron chi connectivity index (χ1n) is 10.9. The minimum atomic E-state index is -0.452. The first-order chi connectivity index (χ1) is 15.1. The highest BCUT2D eigenvalue weighted by molar-refractivity contribution is 5.92. The summed E-state index contributed by atoms with van der Waals surface area (Å²) in [7, 11) is 0. The molecule has 2 aromatic heterocycles. The normalized spacial score (nSPS) is 27.6. The van der Waals surface area contributed by atoms with Gasteiger partial charge in [-0.2, -0.15) is 5.10 Å². The Balaban J connectivity index is 1.33. The van der Waals surface area contributed by atoms with Crippen LogP contribution in [0.15, 0.2) is 48.8 Å². The number of likely N-dealkylation sites (tertiary alicyclic amines) is 1. The number of aromatic amines is 2. The Morgan fingerprint density at radius 1 is 1.35 bits per heavy atom. The van der Waals surface area contributed by atoms with E-state index < -0.39 is 6.10 Å². The predicted octanol–water partition coefficient (Wildman–Crippen LogP) is 1.70. The molecule has 1 aliphatic carbocycles. The highest BCUT2D eigenvalue weighted by atomic mass is 16.3. The largest absolute Gasteiger partial charge is 0.391 e. The van der Waals surface area contributed by atoms with Gasteiger partial charge < -0.3 is 15.4 Å². The summed E-state index contributed by atoms with van der Waals surface area (Å²) < 4.78 is 0. The first-order valence-corrected chi connectivity index (χ1v) is 10.9. The third-order valence-corrected chi connectivity index (χ3v) is 6.93. The van der Waals surface area contributed by atoms with E-state index in [-0.39, 0.29) is 23.2 Å². The summed E-state index contributed by atoms with van der Waals surface area (Å²) in [5.41, 5.74) is 2.30. The van der Waals surface area contributed by atoms with Gasteiger partial charge in [0, 0.05) is 43.1 Å². The number of aliphatic hydroxyl groups excluding tert-OH is 1. The summed E-state index contributed by atoms with van der Waals surface area (Å²) in [5.74, 6) is 1.09. The highest BCUT2D eigenvalue weighted by Crippen LogP contribution is 2.68. The van der Waals surface area contributed by atoms with E-state index in [1.165, 1.54) is 5.56 Å². The van der Waals surface area contributed by atoms with E-state index in [1.807, 2.05) is 31.3 Å². The second-order valence-corrected chi connectivity index (χ2v) is 8.67. The molecule has 0 unspecified atom stereocenters. The second kappa shape index (κ2) is 7.94. The number of carbonyl (C=O) groups excluding carboxylic acids is 1. The maximum absolute atomic E-state index is 12.6. The Kier molecular flexibility index (Phi) is 5.11. The van der Waals surface area contributed by atoms with Crippen molar-refractivity contribution in [3.8, 4) is 0 Å². The first kappa shape index (κ1) is 20.0. The van der Waals surface area contributed by atoms with Crippen LogP contribution < -0.4 is 5.32 Å². The number of aliphatic hydroxyl groups is 1. The number of aryl methyl sites for hydroxylation is 1. The maximum Gasteiger partial charge on any atom is 0.271 e. The van der Waals surface area contributed by atoms with Crippen LogP contribution in [0.5, 0.6) is 0 Å². The molecule has 4 atom stereocenters. The number of imidazole rings is 1. The van der Waals surface area contributed by atoms with Gasteiger partial charge in [0.05, 0.1) is 12.6 Å². The van der Waals surface area contributed by atoms with Gasteiger partial charge in [0.25, 0.3) is 5.91 Å². The van der Waals surface area contributed by atoms with Gasteiger partial charge in [0.2, 0.25) is 0 Å². The summed E-state index contributed by atoms with van der Waals surface area (Å²) in [5, 5.41) is 21.2. The fraction of sp³-hybridized carbons (Fsp3) is 0.435. The van der Waals surface area contributed by atoms with Crippen LogP contribution in [0.3, 0.4) is 0 Å². The van der Waals surface area contributed by atoms with Crippen LogP contribution in [-0.2, 0) is 13.0 Å². The van der Waals surface area contributed by atoms with E-state index in [1.54, 1.807) is 12.3 Å². The number of hydrogen-bond donors (Lipinski definition) is 4. The lowest BCUT2D eigenvalue weighted by molar-refractivity contribution is 0.0934. The lowest BCUT2D eigenvalue weighted by Gasteiger charge is -2.16. The van der Waals surface area contributed by atoms with Crippen molar-refractivity contribution in [2.45, 2.75) is 31.9 Å². The zero-order chi connectivity index (χ0) is 21.4. The lowest BCUT2D eigenvalue weighted by Crippen LogP contribution is -2.30. The number of β-amino-alcohol motifs (C(OH)–C–C–N with tert-alkyl or cyclic N) is 1. The second-order valence-electron chi connectivity index (χ2n) is 8.67. The molecule has 5 rings (SSSR count). The third kappa shape index (κ3) is 3.55. The average molecular weight is 421 g/mol. The van der Waals surface area contributed by atoms with E-state index in [4.69, 9.17) is 0 Å². The maximum atomic E-state index is 12.6. The number of benzene rings is 1. The Hall–Kier alpha value is -2.97. The number of H-pyrrole nitrogens is 2. The zero-order valence-corrected chi connectivity index (χ0v) is 17.6. The van der Waals surface area contributed by atoms with Crippen molar-refractivity contribution in [2.75, 3.05) is 19.6 Å². The monoisotopic (exact) mass is 420 g/mol. The molecule has 1 saturated carbocycles. The topological polar surface area (TPSA) is 110 Å². The van der Waals surface area contributed by atoms with E-state index in [2.05, 4.69) is 42.5 Å². The molecule has 162 valence electrons. The number of hydrogen-bond acceptors (Lipinski definition) is 5. The molecule has 1 aromatic carbocycles. The van der Waals surface area contributed by atoms with Crippen molar-refractivity contribution in [3.63, 3.8) is 0 Å². The predicted molar refractivity (Wildman–Crippen MR) is 115 cm³/mol. The molecule has 1 saturated heterocycles. The lowest BCUT2D eigenvalue weighted by atomic mass is 9.95. The zero-order valence-electron chi connectivity index (χ0n) is 17.6. The van der Waals surface area contributed by atoms with Crippen LogP contribution in [0, 0.1) is 11.3 Å². The highest BCUT2D eigenvalue weighted by Gasteiger charge is 2.70.